The molecule has 3 nitrogen and oxygen atoms in total. The Bertz CT molecular complexity index is 411. The van der Waals surface area contributed by atoms with E-state index in [0.717, 1.165) is 31.2 Å². The van der Waals surface area contributed by atoms with Gasteiger partial charge in [0.1, 0.15) is 17.7 Å². The first-order valence-electron chi connectivity index (χ1n) is 6.84. The van der Waals surface area contributed by atoms with Crippen molar-refractivity contribution in [3.63, 3.8) is 0 Å². The van der Waals surface area contributed by atoms with Gasteiger partial charge in [-0.3, -0.25) is 0 Å². The van der Waals surface area contributed by atoms with Crippen molar-refractivity contribution >= 4 is 0 Å². The number of ether oxygens (including phenoxy) is 2. The van der Waals surface area contributed by atoms with Crippen LogP contribution in [-0.2, 0) is 11.3 Å². The Morgan fingerprint density at radius 3 is 2.79 bits per heavy atom. The average Bonchev–Trinajstić information content (AvgIpc) is 2.38. The summed E-state index contributed by atoms with van der Waals surface area (Å²) in [7, 11) is 3.58. The lowest BCUT2D eigenvalue weighted by Crippen LogP contribution is -2.29. The minimum absolute atomic E-state index is 0.128. The minimum atomic E-state index is -0.248. The summed E-state index contributed by atoms with van der Waals surface area (Å²) in [5.74, 6) is 0.369. The highest BCUT2D eigenvalue weighted by Crippen LogP contribution is 2.26. The summed E-state index contributed by atoms with van der Waals surface area (Å²) in [6, 6.07) is 4.88. The predicted molar refractivity (Wildman–Crippen MR) is 72.8 cm³/mol. The Morgan fingerprint density at radius 1 is 1.26 bits per heavy atom. The van der Waals surface area contributed by atoms with E-state index in [9.17, 15) is 4.39 Å². The Hall–Kier alpha value is -1.13. The van der Waals surface area contributed by atoms with Gasteiger partial charge in [-0.05, 0) is 44.0 Å². The van der Waals surface area contributed by atoms with E-state index in [1.807, 2.05) is 13.1 Å². The lowest BCUT2D eigenvalue weighted by molar-refractivity contribution is 0.0208. The number of hydrogen-bond donors (Lipinski definition) is 1. The van der Waals surface area contributed by atoms with Crippen molar-refractivity contribution in [2.24, 2.45) is 0 Å². The molecule has 1 aliphatic carbocycles. The summed E-state index contributed by atoms with van der Waals surface area (Å²) < 4.78 is 24.8. The first-order valence-corrected chi connectivity index (χ1v) is 6.84. The fourth-order valence-electron chi connectivity index (χ4n) is 2.61. The third kappa shape index (κ3) is 4.18. The molecule has 0 bridgehead atoms. The highest BCUT2D eigenvalue weighted by molar-refractivity contribution is 5.29. The van der Waals surface area contributed by atoms with Crippen molar-refractivity contribution in [1.82, 2.24) is 5.32 Å². The first kappa shape index (κ1) is 14.3. The third-order valence-corrected chi connectivity index (χ3v) is 3.53. The number of hydrogen-bond acceptors (Lipinski definition) is 3. The van der Waals surface area contributed by atoms with Crippen LogP contribution in [0.1, 0.15) is 31.2 Å². The maximum absolute atomic E-state index is 13.5. The van der Waals surface area contributed by atoms with Crippen LogP contribution in [0, 0.1) is 5.82 Å². The van der Waals surface area contributed by atoms with E-state index >= 15 is 0 Å². The van der Waals surface area contributed by atoms with Crippen LogP contribution in [0.15, 0.2) is 18.2 Å². The van der Waals surface area contributed by atoms with Gasteiger partial charge in [0.2, 0.25) is 0 Å². The van der Waals surface area contributed by atoms with Crippen LogP contribution >= 0.6 is 0 Å². The quantitative estimate of drug-likeness (QED) is 0.890. The second kappa shape index (κ2) is 6.87. The fourth-order valence-corrected chi connectivity index (χ4v) is 2.61. The maximum Gasteiger partial charge on any atom is 0.127 e. The lowest BCUT2D eigenvalue weighted by Gasteiger charge is -2.28. The Morgan fingerprint density at radius 2 is 2.05 bits per heavy atom. The van der Waals surface area contributed by atoms with Gasteiger partial charge in [0.05, 0.1) is 6.10 Å². The summed E-state index contributed by atoms with van der Waals surface area (Å²) in [6.07, 6.45) is 4.48. The Kier molecular flexibility index (Phi) is 5.16. The molecule has 0 aliphatic heterocycles. The summed E-state index contributed by atoms with van der Waals surface area (Å²) in [5, 5.41) is 3.02. The molecule has 1 N–H and O–H groups in total. The van der Waals surface area contributed by atoms with Gasteiger partial charge in [0.15, 0.2) is 0 Å². The summed E-state index contributed by atoms with van der Waals surface area (Å²) in [5.41, 5.74) is 0.900. The van der Waals surface area contributed by atoms with Crippen LogP contribution < -0.4 is 10.1 Å². The van der Waals surface area contributed by atoms with Crippen LogP contribution in [0.25, 0.3) is 0 Å². The first-order chi connectivity index (χ1) is 9.21. The molecule has 0 amide bonds. The summed E-state index contributed by atoms with van der Waals surface area (Å²) in [4.78, 5) is 0. The molecule has 2 atom stereocenters. The van der Waals surface area contributed by atoms with Crippen molar-refractivity contribution in [3.05, 3.63) is 29.6 Å². The van der Waals surface area contributed by atoms with Gasteiger partial charge in [0.25, 0.3) is 0 Å². The number of benzene rings is 1. The van der Waals surface area contributed by atoms with Crippen molar-refractivity contribution in [2.45, 2.75) is 44.4 Å². The monoisotopic (exact) mass is 267 g/mol. The molecule has 0 heterocycles. The zero-order valence-electron chi connectivity index (χ0n) is 11.6. The van der Waals surface area contributed by atoms with Crippen molar-refractivity contribution in [1.29, 1.82) is 0 Å². The zero-order chi connectivity index (χ0) is 13.7. The van der Waals surface area contributed by atoms with Crippen LogP contribution in [-0.4, -0.2) is 26.4 Å². The average molecular weight is 267 g/mol. The number of halogens is 1. The zero-order valence-corrected chi connectivity index (χ0v) is 11.6. The molecule has 0 radical (unpaired) electrons. The van der Waals surface area contributed by atoms with E-state index < -0.39 is 0 Å². The molecule has 19 heavy (non-hydrogen) atoms. The molecule has 0 spiro atoms. The minimum Gasteiger partial charge on any atom is -0.490 e. The normalized spacial score (nSPS) is 23.3. The maximum atomic E-state index is 13.5. The van der Waals surface area contributed by atoms with E-state index in [0.29, 0.717) is 12.3 Å². The van der Waals surface area contributed by atoms with Gasteiger partial charge < -0.3 is 14.8 Å². The molecule has 1 saturated carbocycles. The Labute approximate surface area is 114 Å². The van der Waals surface area contributed by atoms with E-state index in [-0.39, 0.29) is 18.0 Å². The van der Waals surface area contributed by atoms with E-state index in [2.05, 4.69) is 5.32 Å². The summed E-state index contributed by atoms with van der Waals surface area (Å²) in [6.45, 7) is 0.638. The predicted octanol–water partition coefficient (Wildman–Crippen LogP) is 2.88. The summed E-state index contributed by atoms with van der Waals surface area (Å²) >= 11 is 0. The molecule has 106 valence electrons. The van der Waals surface area contributed by atoms with Gasteiger partial charge in [-0.2, -0.15) is 0 Å². The molecule has 2 rings (SSSR count). The molecular weight excluding hydrogens is 245 g/mol. The molecule has 1 aliphatic rings. The van der Waals surface area contributed by atoms with E-state index in [1.165, 1.54) is 12.1 Å². The smallest absolute Gasteiger partial charge is 0.127 e. The largest absolute Gasteiger partial charge is 0.490 e. The van der Waals surface area contributed by atoms with Crippen molar-refractivity contribution in [3.8, 4) is 5.75 Å². The highest BCUT2D eigenvalue weighted by atomic mass is 19.1. The lowest BCUT2D eigenvalue weighted by atomic mass is 9.95. The molecule has 0 saturated heterocycles. The van der Waals surface area contributed by atoms with Gasteiger partial charge in [-0.1, -0.05) is 0 Å². The molecule has 1 aromatic carbocycles. The number of nitrogens with one attached hydrogen (secondary N) is 1. The Balaban J connectivity index is 2.01. The fraction of sp³-hybridized carbons (Fsp3) is 0.600. The van der Waals surface area contributed by atoms with Crippen molar-refractivity contribution in [2.75, 3.05) is 14.2 Å². The molecule has 0 aromatic heterocycles. The second-order valence-corrected chi connectivity index (χ2v) is 5.09. The number of rotatable bonds is 5. The van der Waals surface area contributed by atoms with Crippen LogP contribution in [0.4, 0.5) is 4.39 Å². The third-order valence-electron chi connectivity index (χ3n) is 3.53. The van der Waals surface area contributed by atoms with Crippen LogP contribution in [0.5, 0.6) is 5.75 Å². The van der Waals surface area contributed by atoms with Crippen LogP contribution in [0.2, 0.25) is 0 Å². The molecule has 1 aromatic rings. The molecule has 2 unspecified atom stereocenters. The van der Waals surface area contributed by atoms with Gasteiger partial charge in [-0.15, -0.1) is 0 Å². The topological polar surface area (TPSA) is 30.5 Å². The van der Waals surface area contributed by atoms with Crippen molar-refractivity contribution < 1.29 is 13.9 Å². The van der Waals surface area contributed by atoms with Gasteiger partial charge in [-0.25, -0.2) is 4.39 Å². The van der Waals surface area contributed by atoms with E-state index in [1.54, 1.807) is 7.11 Å². The second-order valence-electron chi connectivity index (χ2n) is 5.09. The van der Waals surface area contributed by atoms with Crippen LogP contribution in [0.3, 0.4) is 0 Å². The molecule has 1 fully saturated rings. The highest BCUT2D eigenvalue weighted by Gasteiger charge is 2.23. The number of methoxy groups -OCH3 is 1. The van der Waals surface area contributed by atoms with Gasteiger partial charge in [0, 0.05) is 26.1 Å². The standard InChI is InChI=1S/C15H22FNO2/c1-17-10-11-6-12(16)8-15(7-11)19-14-5-3-4-13(9-14)18-2/h6-8,13-14,17H,3-5,9-10H2,1-2H3. The molecule has 4 heteroatoms. The SMILES string of the molecule is CNCc1cc(F)cc(OC2CCCC(OC)C2)c1. The van der Waals surface area contributed by atoms with E-state index in [4.69, 9.17) is 9.47 Å². The van der Waals surface area contributed by atoms with Gasteiger partial charge >= 0.3 is 0 Å². The molecular formula is C15H22FNO2.